The smallest absolute Gasteiger partial charge is 0.281 e. The number of nitro benzene ring substituents is 1. The lowest BCUT2D eigenvalue weighted by molar-refractivity contribution is -0.384. The van der Waals surface area contributed by atoms with Gasteiger partial charge in [0.05, 0.1) is 11.1 Å². The molecule has 3 rings (SSSR count). The molecule has 0 radical (unpaired) electrons. The second-order valence-corrected chi connectivity index (χ2v) is 6.61. The molecule has 160 valence electrons. The van der Waals surface area contributed by atoms with Gasteiger partial charge in [-0.1, -0.05) is 66.6 Å². The number of ether oxygens (including phenoxy) is 1. The van der Waals surface area contributed by atoms with E-state index >= 15 is 0 Å². The van der Waals surface area contributed by atoms with Crippen LogP contribution in [0, 0.1) is 22.5 Å². The Balaban J connectivity index is 1.91. The predicted octanol–water partition coefficient (Wildman–Crippen LogP) is 2.99. The van der Waals surface area contributed by atoms with Gasteiger partial charge in [0.15, 0.2) is 5.60 Å². The lowest BCUT2D eigenvalue weighted by atomic mass is 9.85. The van der Waals surface area contributed by atoms with Crippen LogP contribution in [0.1, 0.15) is 16.7 Å². The van der Waals surface area contributed by atoms with Crippen molar-refractivity contribution in [2.45, 2.75) is 5.60 Å². The molecule has 8 heteroatoms. The molecule has 3 aromatic rings. The van der Waals surface area contributed by atoms with E-state index in [0.29, 0.717) is 11.1 Å². The summed E-state index contributed by atoms with van der Waals surface area (Å²) in [7, 11) is 0. The topological polar surface area (TPSA) is 114 Å². The number of nitro groups is 1. The third-order valence-corrected chi connectivity index (χ3v) is 4.60. The van der Waals surface area contributed by atoms with Crippen LogP contribution in [0.4, 0.5) is 5.69 Å². The minimum atomic E-state index is -2.01. The third kappa shape index (κ3) is 4.80. The molecule has 0 aliphatic rings. The number of terminal acetylenes is 1. The maximum Gasteiger partial charge on any atom is 0.281 e. The summed E-state index contributed by atoms with van der Waals surface area (Å²) >= 11 is 0. The lowest BCUT2D eigenvalue weighted by Crippen LogP contribution is -2.43. The molecule has 1 amide bonds. The number of hydrogen-bond acceptors (Lipinski definition) is 6. The SMILES string of the molecule is C#CCOc1ccc([N+](=O)[O-])cc1C=NNC(=O)C(O)(c1ccccc1)c1ccccc1. The molecule has 0 fully saturated rings. The molecule has 8 nitrogen and oxygen atoms in total. The fourth-order valence-corrected chi connectivity index (χ4v) is 3.03. The van der Waals surface area contributed by atoms with E-state index in [1.54, 1.807) is 60.7 Å². The summed E-state index contributed by atoms with van der Waals surface area (Å²) in [6, 6.07) is 20.8. The van der Waals surface area contributed by atoms with Crippen LogP contribution < -0.4 is 10.2 Å². The van der Waals surface area contributed by atoms with Gasteiger partial charge in [-0.25, -0.2) is 5.43 Å². The number of amides is 1. The monoisotopic (exact) mass is 429 g/mol. The number of non-ortho nitro benzene ring substituents is 1. The van der Waals surface area contributed by atoms with Gasteiger partial charge >= 0.3 is 0 Å². The Kier molecular flexibility index (Phi) is 6.95. The van der Waals surface area contributed by atoms with Crippen molar-refractivity contribution in [1.82, 2.24) is 5.43 Å². The number of aliphatic hydroxyl groups is 1. The summed E-state index contributed by atoms with van der Waals surface area (Å²) in [6.45, 7) is -0.0488. The number of nitrogens with zero attached hydrogens (tertiary/aromatic N) is 2. The Bertz CT molecular complexity index is 1130. The Hall–Kier alpha value is -4.48. The van der Waals surface area contributed by atoms with Crippen LogP contribution in [0.3, 0.4) is 0 Å². The molecule has 3 aromatic carbocycles. The van der Waals surface area contributed by atoms with Crippen LogP contribution in [-0.2, 0) is 10.4 Å². The third-order valence-electron chi connectivity index (χ3n) is 4.60. The van der Waals surface area contributed by atoms with E-state index in [4.69, 9.17) is 11.2 Å². The van der Waals surface area contributed by atoms with Crippen LogP contribution in [-0.4, -0.2) is 28.8 Å². The fourth-order valence-electron chi connectivity index (χ4n) is 3.03. The number of carbonyl (C=O) groups excluding carboxylic acids is 1. The maximum absolute atomic E-state index is 13.0. The molecule has 0 aromatic heterocycles. The van der Waals surface area contributed by atoms with Crippen LogP contribution in [0.2, 0.25) is 0 Å². The van der Waals surface area contributed by atoms with Gasteiger partial charge in [0.2, 0.25) is 0 Å². The fraction of sp³-hybridized carbons (Fsp3) is 0.0833. The van der Waals surface area contributed by atoms with Crippen molar-refractivity contribution < 1.29 is 19.6 Å². The van der Waals surface area contributed by atoms with E-state index in [1.165, 1.54) is 24.4 Å². The Morgan fingerprint density at radius 3 is 2.25 bits per heavy atom. The highest BCUT2D eigenvalue weighted by atomic mass is 16.6. The van der Waals surface area contributed by atoms with Gasteiger partial charge in [0, 0.05) is 17.7 Å². The molecule has 2 N–H and O–H groups in total. The van der Waals surface area contributed by atoms with Crippen molar-refractivity contribution in [3.05, 3.63) is 106 Å². The molecule has 0 aliphatic carbocycles. The Morgan fingerprint density at radius 1 is 1.12 bits per heavy atom. The molecule has 0 heterocycles. The molecule has 0 aliphatic heterocycles. The largest absolute Gasteiger partial charge is 0.480 e. The zero-order chi connectivity index (χ0) is 23.0. The summed E-state index contributed by atoms with van der Waals surface area (Å²) in [5, 5.41) is 26.4. The second kappa shape index (κ2) is 10.0. The first kappa shape index (κ1) is 22.2. The maximum atomic E-state index is 13.0. The highest BCUT2D eigenvalue weighted by Gasteiger charge is 2.39. The van der Waals surface area contributed by atoms with Gasteiger partial charge in [0.1, 0.15) is 12.4 Å². The van der Waals surface area contributed by atoms with Crippen molar-refractivity contribution in [1.29, 1.82) is 0 Å². The van der Waals surface area contributed by atoms with Gasteiger partial charge in [0.25, 0.3) is 11.6 Å². The summed E-state index contributed by atoms with van der Waals surface area (Å²) in [6.07, 6.45) is 6.39. The summed E-state index contributed by atoms with van der Waals surface area (Å²) in [5.41, 5.74) is 1.06. The molecular formula is C24H19N3O5. The normalized spacial score (nSPS) is 11.0. The first-order valence-electron chi connectivity index (χ1n) is 9.48. The number of benzene rings is 3. The zero-order valence-electron chi connectivity index (χ0n) is 16.8. The summed E-state index contributed by atoms with van der Waals surface area (Å²) in [4.78, 5) is 23.6. The molecule has 32 heavy (non-hydrogen) atoms. The standard InChI is InChI=1S/C24H19N3O5/c1-2-15-32-22-14-13-21(27(30)31)16-18(22)17-25-26-23(28)24(29,19-9-5-3-6-10-19)20-11-7-4-8-12-20/h1,3-14,16-17,29H,15H2,(H,26,28). The Labute approximate surface area is 184 Å². The van der Waals surface area contributed by atoms with Crippen molar-refractivity contribution in [3.63, 3.8) is 0 Å². The van der Waals surface area contributed by atoms with Gasteiger partial charge in [-0.05, 0) is 17.2 Å². The Morgan fingerprint density at radius 2 is 1.72 bits per heavy atom. The molecule has 0 unspecified atom stereocenters. The van der Waals surface area contributed by atoms with Gasteiger partial charge in [-0.3, -0.25) is 14.9 Å². The quantitative estimate of drug-likeness (QED) is 0.247. The summed E-state index contributed by atoms with van der Waals surface area (Å²) < 4.78 is 5.37. The van der Waals surface area contributed by atoms with Crippen molar-refractivity contribution in [2.24, 2.45) is 5.10 Å². The van der Waals surface area contributed by atoms with E-state index < -0.39 is 16.4 Å². The first-order chi connectivity index (χ1) is 15.5. The number of rotatable bonds is 8. The lowest BCUT2D eigenvalue weighted by Gasteiger charge is -2.27. The highest BCUT2D eigenvalue weighted by molar-refractivity contribution is 5.91. The predicted molar refractivity (Wildman–Crippen MR) is 119 cm³/mol. The number of hydrogen-bond donors (Lipinski definition) is 2. The highest BCUT2D eigenvalue weighted by Crippen LogP contribution is 2.30. The van der Waals surface area contributed by atoms with E-state index in [0.717, 1.165) is 0 Å². The van der Waals surface area contributed by atoms with E-state index in [9.17, 15) is 20.0 Å². The van der Waals surface area contributed by atoms with Gasteiger partial charge in [-0.15, -0.1) is 6.42 Å². The number of nitrogens with one attached hydrogen (secondary N) is 1. The van der Waals surface area contributed by atoms with Crippen molar-refractivity contribution in [3.8, 4) is 18.1 Å². The molecule has 0 bridgehead atoms. The summed E-state index contributed by atoms with van der Waals surface area (Å²) in [5.74, 6) is 1.76. The van der Waals surface area contributed by atoms with Crippen LogP contribution in [0.25, 0.3) is 0 Å². The number of carbonyl (C=O) groups is 1. The number of hydrazone groups is 1. The van der Waals surface area contributed by atoms with Crippen molar-refractivity contribution >= 4 is 17.8 Å². The average Bonchev–Trinajstić information content (AvgIpc) is 2.83. The van der Waals surface area contributed by atoms with E-state index in [2.05, 4.69) is 16.4 Å². The van der Waals surface area contributed by atoms with Crippen LogP contribution >= 0.6 is 0 Å². The van der Waals surface area contributed by atoms with Crippen LogP contribution in [0.5, 0.6) is 5.75 Å². The van der Waals surface area contributed by atoms with E-state index in [1.807, 2.05) is 0 Å². The molecule has 0 spiro atoms. The van der Waals surface area contributed by atoms with Gasteiger partial charge < -0.3 is 9.84 Å². The zero-order valence-corrected chi connectivity index (χ0v) is 16.8. The molecule has 0 saturated carbocycles. The second-order valence-electron chi connectivity index (χ2n) is 6.61. The van der Waals surface area contributed by atoms with E-state index in [-0.39, 0.29) is 23.6 Å². The van der Waals surface area contributed by atoms with Crippen LogP contribution in [0.15, 0.2) is 84.0 Å². The first-order valence-corrected chi connectivity index (χ1v) is 9.48. The minimum absolute atomic E-state index is 0.0488. The van der Waals surface area contributed by atoms with Crippen molar-refractivity contribution in [2.75, 3.05) is 6.61 Å². The molecule has 0 saturated heterocycles. The molecular weight excluding hydrogens is 410 g/mol. The van der Waals surface area contributed by atoms with Gasteiger partial charge in [-0.2, -0.15) is 5.10 Å². The minimum Gasteiger partial charge on any atom is -0.480 e. The molecule has 0 atom stereocenters. The average molecular weight is 429 g/mol.